The summed E-state index contributed by atoms with van der Waals surface area (Å²) in [6.45, 7) is 21.3. The molecular formula is C57H82FN9O15. The number of amides is 3. The fourth-order valence-electron chi connectivity index (χ4n) is 11.7. The molecule has 25 heteroatoms. The molecule has 0 radical (unpaired) electrons. The molecule has 6 aliphatic rings. The van der Waals surface area contributed by atoms with E-state index in [1.54, 1.807) is 46.2 Å². The number of nitrogens with zero attached hydrogens (tertiary/aromatic N) is 6. The van der Waals surface area contributed by atoms with Gasteiger partial charge in [-0.1, -0.05) is 18.2 Å². The van der Waals surface area contributed by atoms with E-state index in [4.69, 9.17) is 29.4 Å². The van der Waals surface area contributed by atoms with E-state index in [2.05, 4.69) is 15.4 Å². The van der Waals surface area contributed by atoms with Crippen molar-refractivity contribution >= 4 is 46.7 Å². The minimum absolute atomic E-state index is 0.0391. The maximum Gasteiger partial charge on any atom is 0.410 e. The molecule has 3 heterocycles. The van der Waals surface area contributed by atoms with Crippen molar-refractivity contribution in [2.45, 2.75) is 155 Å². The topological polar surface area (TPSA) is 296 Å². The van der Waals surface area contributed by atoms with Crippen LogP contribution in [0.1, 0.15) is 120 Å². The van der Waals surface area contributed by atoms with E-state index in [0.29, 0.717) is 49.0 Å². The molecule has 3 saturated carbocycles. The molecule has 3 aromatic rings. The SMILES string of the molecule is CC(C)(C)OC(=O)N1CCC2(CC(N)C2)C1.COc1cccc(F)c1[N+](=O)[O-].COc1cccc(NC2CC3(CCN(C(=O)OC(C)(C)C)C3)C2)c1[N+](=O)[O-].COc1cccc(NC2CC3(CCN(C(=O)OC(C)(C)C)C3)C2)c1[N+](=O)[O-]. The van der Waals surface area contributed by atoms with E-state index in [1.165, 1.54) is 33.5 Å². The minimum atomic E-state index is -0.889. The van der Waals surface area contributed by atoms with Gasteiger partial charge in [0.2, 0.25) is 5.82 Å². The van der Waals surface area contributed by atoms with Crippen molar-refractivity contribution in [1.82, 2.24) is 14.7 Å². The first-order chi connectivity index (χ1) is 38.2. The molecule has 3 aliphatic carbocycles. The lowest BCUT2D eigenvalue weighted by molar-refractivity contribution is -0.388. The minimum Gasteiger partial charge on any atom is -0.490 e. The van der Waals surface area contributed by atoms with Crippen LogP contribution < -0.4 is 30.6 Å². The van der Waals surface area contributed by atoms with E-state index in [1.807, 2.05) is 67.2 Å². The maximum absolute atomic E-state index is 12.8. The average molecular weight is 1150 g/mol. The third-order valence-corrected chi connectivity index (χ3v) is 15.3. The molecular weight excluding hydrogens is 1070 g/mol. The highest BCUT2D eigenvalue weighted by Gasteiger charge is 2.52. The van der Waals surface area contributed by atoms with Crippen LogP contribution in [0.2, 0.25) is 0 Å². The molecule has 82 heavy (non-hydrogen) atoms. The van der Waals surface area contributed by atoms with Gasteiger partial charge in [0.05, 0.1) is 36.1 Å². The van der Waals surface area contributed by atoms with Gasteiger partial charge in [0.25, 0.3) is 0 Å². The molecule has 0 unspecified atom stereocenters. The van der Waals surface area contributed by atoms with Crippen LogP contribution >= 0.6 is 0 Å². The smallest absolute Gasteiger partial charge is 0.410 e. The number of nitro benzene ring substituents is 3. The molecule has 0 atom stereocenters. The van der Waals surface area contributed by atoms with Gasteiger partial charge >= 0.3 is 35.3 Å². The number of likely N-dealkylation sites (tertiary alicyclic amines) is 3. The van der Waals surface area contributed by atoms with Crippen LogP contribution in [0.25, 0.3) is 0 Å². The van der Waals surface area contributed by atoms with Crippen LogP contribution in [0.4, 0.5) is 47.2 Å². The lowest BCUT2D eigenvalue weighted by Gasteiger charge is -2.45. The number of methoxy groups -OCH3 is 3. The molecule has 3 aromatic carbocycles. The highest BCUT2D eigenvalue weighted by atomic mass is 19.1. The predicted octanol–water partition coefficient (Wildman–Crippen LogP) is 11.1. The summed E-state index contributed by atoms with van der Waals surface area (Å²) in [6, 6.07) is 14.4. The molecule has 24 nitrogen and oxygen atoms in total. The second kappa shape index (κ2) is 25.4. The number of nitrogens with one attached hydrogen (secondary N) is 2. The summed E-state index contributed by atoms with van der Waals surface area (Å²) in [5.74, 6) is -0.466. The molecule has 3 saturated heterocycles. The van der Waals surface area contributed by atoms with Crippen LogP contribution in [-0.4, -0.2) is 143 Å². The molecule has 6 fully saturated rings. The number of hydrogen-bond acceptors (Lipinski definition) is 18. The highest BCUT2D eigenvalue weighted by molar-refractivity contribution is 5.72. The molecule has 4 N–H and O–H groups in total. The van der Waals surface area contributed by atoms with Crippen molar-refractivity contribution in [2.75, 3.05) is 71.2 Å². The van der Waals surface area contributed by atoms with Crippen LogP contribution in [0.3, 0.4) is 0 Å². The van der Waals surface area contributed by atoms with Crippen molar-refractivity contribution in [3.8, 4) is 17.2 Å². The molecule has 0 bridgehead atoms. The first-order valence-corrected chi connectivity index (χ1v) is 27.5. The van der Waals surface area contributed by atoms with Crippen LogP contribution in [0.15, 0.2) is 54.6 Å². The Morgan fingerprint density at radius 1 is 0.524 bits per heavy atom. The summed E-state index contributed by atoms with van der Waals surface area (Å²) in [6.07, 6.45) is 7.87. The zero-order valence-corrected chi connectivity index (χ0v) is 49.3. The lowest BCUT2D eigenvalue weighted by Crippen LogP contribution is -2.48. The number of ether oxygens (including phenoxy) is 6. The summed E-state index contributed by atoms with van der Waals surface area (Å²) >= 11 is 0. The number of para-hydroxylation sites is 3. The van der Waals surface area contributed by atoms with Gasteiger partial charge in [0.1, 0.15) is 28.2 Å². The maximum atomic E-state index is 12.8. The predicted molar refractivity (Wildman–Crippen MR) is 304 cm³/mol. The largest absolute Gasteiger partial charge is 0.490 e. The van der Waals surface area contributed by atoms with Gasteiger partial charge in [0, 0.05) is 57.4 Å². The quantitative estimate of drug-likeness (QED) is 0.0965. The standard InChI is InChI=1S/2C19H27N3O5.C12H22N2O2.C7H6FNO3/c2*1-18(2,3)27-17(23)21-9-8-19(12-21)10-13(11-19)20-14-6-5-7-15(26-4)16(14)22(24)25;1-11(2,3)16-10(15)14-5-4-12(8-14)6-9(13)7-12;1-12-6-4-2-3-5(8)7(6)9(10)11/h2*5-7,13,20H,8-12H2,1-4H3;9H,4-8,13H2,1-3H3;2-4H,1H3. The van der Waals surface area contributed by atoms with E-state index < -0.39 is 43.1 Å². The summed E-state index contributed by atoms with van der Waals surface area (Å²) in [7, 11) is 4.10. The Labute approximate surface area is 478 Å². The first-order valence-electron chi connectivity index (χ1n) is 27.5. The first kappa shape index (κ1) is 63.7. The normalized spacial score (nSPS) is 24.1. The summed E-state index contributed by atoms with van der Waals surface area (Å²) in [4.78, 5) is 73.2. The van der Waals surface area contributed by atoms with Gasteiger partial charge in [-0.15, -0.1) is 0 Å². The van der Waals surface area contributed by atoms with Crippen LogP contribution in [0, 0.1) is 52.4 Å². The van der Waals surface area contributed by atoms with Crippen molar-refractivity contribution in [2.24, 2.45) is 22.0 Å². The lowest BCUT2D eigenvalue weighted by atomic mass is 9.65. The number of carbonyl (C=O) groups excluding carboxylic acids is 3. The number of halogens is 1. The Bertz CT molecular complexity index is 2670. The number of rotatable bonds is 10. The Morgan fingerprint density at radius 3 is 1.09 bits per heavy atom. The summed E-state index contributed by atoms with van der Waals surface area (Å²) in [5, 5.41) is 39.6. The second-order valence-electron chi connectivity index (χ2n) is 25.4. The number of hydrogen-bond donors (Lipinski definition) is 3. The number of carbonyl (C=O) groups is 3. The molecule has 3 amide bonds. The summed E-state index contributed by atoms with van der Waals surface area (Å²) in [5.41, 5.74) is 5.16. The van der Waals surface area contributed by atoms with Crippen molar-refractivity contribution < 1.29 is 62.0 Å². The van der Waals surface area contributed by atoms with E-state index in [9.17, 15) is 49.1 Å². The summed E-state index contributed by atoms with van der Waals surface area (Å²) < 4.78 is 43.9. The molecule has 3 aliphatic heterocycles. The molecule has 3 spiro atoms. The number of anilines is 2. The van der Waals surface area contributed by atoms with E-state index in [0.717, 1.165) is 76.9 Å². The van der Waals surface area contributed by atoms with Gasteiger partial charge in [-0.05, 0) is 173 Å². The fourth-order valence-corrected chi connectivity index (χ4v) is 11.7. The zero-order chi connectivity index (χ0) is 60.8. The Morgan fingerprint density at radius 2 is 0.817 bits per heavy atom. The Kier molecular flexibility index (Phi) is 19.7. The van der Waals surface area contributed by atoms with Crippen LogP contribution in [0.5, 0.6) is 17.2 Å². The van der Waals surface area contributed by atoms with Crippen LogP contribution in [-0.2, 0) is 14.2 Å². The molecule has 9 rings (SSSR count). The monoisotopic (exact) mass is 1150 g/mol. The Hall–Kier alpha value is -7.44. The van der Waals surface area contributed by atoms with Gasteiger partial charge in [-0.3, -0.25) is 30.3 Å². The van der Waals surface area contributed by atoms with Gasteiger partial charge in [0.15, 0.2) is 17.2 Å². The van der Waals surface area contributed by atoms with E-state index >= 15 is 0 Å². The number of nitrogens with two attached hydrogens (primary N) is 1. The number of nitro groups is 3. The zero-order valence-electron chi connectivity index (χ0n) is 49.3. The second-order valence-corrected chi connectivity index (χ2v) is 25.4. The third kappa shape index (κ3) is 16.4. The van der Waals surface area contributed by atoms with Gasteiger partial charge < -0.3 is 59.5 Å². The van der Waals surface area contributed by atoms with Gasteiger partial charge in [-0.2, -0.15) is 4.39 Å². The Balaban J connectivity index is 0.000000184. The highest BCUT2D eigenvalue weighted by Crippen LogP contribution is 2.52. The van der Waals surface area contributed by atoms with Crippen molar-refractivity contribution in [3.05, 3.63) is 90.8 Å². The van der Waals surface area contributed by atoms with Crippen molar-refractivity contribution in [1.29, 1.82) is 0 Å². The van der Waals surface area contributed by atoms with Crippen molar-refractivity contribution in [3.63, 3.8) is 0 Å². The van der Waals surface area contributed by atoms with E-state index in [-0.39, 0.29) is 69.8 Å². The number of benzene rings is 3. The average Bonchev–Trinajstić information content (AvgIpc) is 4.26. The van der Waals surface area contributed by atoms with Gasteiger partial charge in [-0.25, -0.2) is 14.4 Å². The third-order valence-electron chi connectivity index (χ3n) is 15.3. The molecule has 452 valence electrons. The molecule has 0 aromatic heterocycles. The fraction of sp³-hybridized carbons (Fsp3) is 0.632.